The third-order valence-electron chi connectivity index (χ3n) is 3.06. The molecular weight excluding hydrogens is 256 g/mol. The van der Waals surface area contributed by atoms with Crippen molar-refractivity contribution in [2.24, 2.45) is 0 Å². The van der Waals surface area contributed by atoms with E-state index < -0.39 is 23.6 Å². The molecular formula is C16H26O4. The third-order valence-corrected chi connectivity index (χ3v) is 3.06. The van der Waals surface area contributed by atoms with Crippen LogP contribution in [0.2, 0.25) is 0 Å². The Balaban J connectivity index is 4.47. The average molecular weight is 282 g/mol. The van der Waals surface area contributed by atoms with Gasteiger partial charge in [0.25, 0.3) is 0 Å². The molecule has 0 N–H and O–H groups in total. The predicted molar refractivity (Wildman–Crippen MR) is 78.4 cm³/mol. The zero-order valence-electron chi connectivity index (χ0n) is 12.9. The monoisotopic (exact) mass is 282 g/mol. The fourth-order valence-electron chi connectivity index (χ4n) is 1.76. The van der Waals surface area contributed by atoms with Crippen LogP contribution < -0.4 is 0 Å². The molecule has 0 heterocycles. The van der Waals surface area contributed by atoms with Gasteiger partial charge >= 0.3 is 5.97 Å². The molecule has 1 atom stereocenters. The molecule has 4 heteroatoms. The molecule has 0 aliphatic heterocycles. The fraction of sp³-hybridized carbons (Fsp3) is 0.688. The summed E-state index contributed by atoms with van der Waals surface area (Å²) in [4.78, 5) is 34.9. The second-order valence-electron chi connectivity index (χ2n) is 5.02. The molecule has 0 spiro atoms. The van der Waals surface area contributed by atoms with Gasteiger partial charge in [0.15, 0.2) is 6.10 Å². The number of ketones is 2. The molecule has 0 bridgehead atoms. The van der Waals surface area contributed by atoms with Gasteiger partial charge in [0.05, 0.1) is 0 Å². The maximum atomic E-state index is 11.9. The van der Waals surface area contributed by atoms with Gasteiger partial charge in [-0.15, -0.1) is 0 Å². The van der Waals surface area contributed by atoms with E-state index >= 15 is 0 Å². The molecule has 0 radical (unpaired) electrons. The van der Waals surface area contributed by atoms with Crippen molar-refractivity contribution in [3.8, 4) is 0 Å². The van der Waals surface area contributed by atoms with Gasteiger partial charge in [0.2, 0.25) is 11.6 Å². The molecule has 4 nitrogen and oxygen atoms in total. The Morgan fingerprint density at radius 2 is 1.65 bits per heavy atom. The lowest BCUT2D eigenvalue weighted by molar-refractivity contribution is -0.154. The van der Waals surface area contributed by atoms with Gasteiger partial charge in [-0.3, -0.25) is 9.59 Å². The second-order valence-corrected chi connectivity index (χ2v) is 5.02. The summed E-state index contributed by atoms with van der Waals surface area (Å²) in [5.74, 6) is -1.70. The van der Waals surface area contributed by atoms with Crippen LogP contribution >= 0.6 is 0 Å². The van der Waals surface area contributed by atoms with Crippen LogP contribution in [-0.2, 0) is 19.1 Å². The number of ether oxygens (including phenoxy) is 1. The quantitative estimate of drug-likeness (QED) is 0.252. The predicted octanol–water partition coefficient (Wildman–Crippen LogP) is 3.38. The Bertz CT molecular complexity index is 357. The van der Waals surface area contributed by atoms with E-state index in [1.54, 1.807) is 6.92 Å². The van der Waals surface area contributed by atoms with Crippen molar-refractivity contribution in [3.63, 3.8) is 0 Å². The van der Waals surface area contributed by atoms with Crippen molar-refractivity contribution in [1.29, 1.82) is 0 Å². The zero-order chi connectivity index (χ0) is 15.5. The highest BCUT2D eigenvalue weighted by atomic mass is 16.5. The largest absolute Gasteiger partial charge is 0.450 e. The average Bonchev–Trinajstić information content (AvgIpc) is 2.43. The summed E-state index contributed by atoms with van der Waals surface area (Å²) in [6.45, 7) is 8.75. The molecule has 114 valence electrons. The van der Waals surface area contributed by atoms with Crippen molar-refractivity contribution in [2.45, 2.75) is 71.8 Å². The first-order valence-electron chi connectivity index (χ1n) is 7.37. The van der Waals surface area contributed by atoms with Crippen molar-refractivity contribution in [1.82, 2.24) is 0 Å². The first-order valence-corrected chi connectivity index (χ1v) is 7.37. The lowest BCUT2D eigenvalue weighted by Crippen LogP contribution is -2.33. The van der Waals surface area contributed by atoms with Gasteiger partial charge < -0.3 is 4.74 Å². The minimum absolute atomic E-state index is 0.135. The smallest absolute Gasteiger partial charge is 0.333 e. The summed E-state index contributed by atoms with van der Waals surface area (Å²) in [6, 6.07) is 0. The lowest BCUT2D eigenvalue weighted by Gasteiger charge is -2.16. The van der Waals surface area contributed by atoms with Crippen LogP contribution in [0.5, 0.6) is 0 Å². The number of carbonyl (C=O) groups excluding carboxylic acids is 3. The summed E-state index contributed by atoms with van der Waals surface area (Å²) < 4.78 is 5.09. The summed E-state index contributed by atoms with van der Waals surface area (Å²) in [6.07, 6.45) is 4.73. The fourth-order valence-corrected chi connectivity index (χ4v) is 1.76. The lowest BCUT2D eigenvalue weighted by atomic mass is 10.0. The molecule has 0 saturated heterocycles. The van der Waals surface area contributed by atoms with Crippen molar-refractivity contribution < 1.29 is 19.1 Å². The van der Waals surface area contributed by atoms with E-state index in [0.717, 1.165) is 32.1 Å². The number of esters is 1. The van der Waals surface area contributed by atoms with E-state index in [1.165, 1.54) is 6.92 Å². The van der Waals surface area contributed by atoms with Crippen molar-refractivity contribution >= 4 is 17.5 Å². The van der Waals surface area contributed by atoms with E-state index in [1.807, 2.05) is 0 Å². The number of carbonyl (C=O) groups is 3. The highest BCUT2D eigenvalue weighted by molar-refractivity contribution is 6.39. The molecule has 20 heavy (non-hydrogen) atoms. The number of hydrogen-bond donors (Lipinski definition) is 0. The summed E-state index contributed by atoms with van der Waals surface area (Å²) >= 11 is 0. The van der Waals surface area contributed by atoms with E-state index in [0.29, 0.717) is 6.42 Å². The Kier molecular flexibility index (Phi) is 9.60. The standard InChI is InChI=1S/C16H26O4/c1-5-7-8-9-10-11-14(15(18)13(17)6-2)20-16(19)12(3)4/h14H,3,5-11H2,1-2,4H3. The summed E-state index contributed by atoms with van der Waals surface area (Å²) in [5.41, 5.74) is 0.234. The Hall–Kier alpha value is -1.45. The molecule has 0 aromatic heterocycles. The van der Waals surface area contributed by atoms with Crippen LogP contribution in [0.3, 0.4) is 0 Å². The van der Waals surface area contributed by atoms with Crippen LogP contribution in [0, 0.1) is 0 Å². The number of Topliss-reactive ketones (excluding diaryl/α,β-unsaturated/α-hetero) is 2. The van der Waals surface area contributed by atoms with E-state index in [2.05, 4.69) is 13.5 Å². The molecule has 0 amide bonds. The van der Waals surface area contributed by atoms with Gasteiger partial charge in [-0.2, -0.15) is 0 Å². The molecule has 0 saturated carbocycles. The highest BCUT2D eigenvalue weighted by Crippen LogP contribution is 2.13. The number of rotatable bonds is 11. The van der Waals surface area contributed by atoms with Crippen LogP contribution in [0.15, 0.2) is 12.2 Å². The summed E-state index contributed by atoms with van der Waals surface area (Å²) in [5, 5.41) is 0. The SMILES string of the molecule is C=C(C)C(=O)OC(CCCCCCC)C(=O)C(=O)CC. The molecule has 0 fully saturated rings. The van der Waals surface area contributed by atoms with E-state index in [9.17, 15) is 14.4 Å². The van der Waals surface area contributed by atoms with Gasteiger partial charge in [0, 0.05) is 12.0 Å². The van der Waals surface area contributed by atoms with Gasteiger partial charge in [-0.1, -0.05) is 46.1 Å². The molecule has 0 aromatic carbocycles. The maximum absolute atomic E-state index is 11.9. The second kappa shape index (κ2) is 10.4. The molecule has 1 unspecified atom stereocenters. The Labute approximate surface area is 121 Å². The minimum Gasteiger partial charge on any atom is -0.450 e. The topological polar surface area (TPSA) is 60.4 Å². The van der Waals surface area contributed by atoms with Crippen LogP contribution in [-0.4, -0.2) is 23.6 Å². The third kappa shape index (κ3) is 7.22. The zero-order valence-corrected chi connectivity index (χ0v) is 12.9. The van der Waals surface area contributed by atoms with Crippen LogP contribution in [0.4, 0.5) is 0 Å². The van der Waals surface area contributed by atoms with Crippen molar-refractivity contribution in [3.05, 3.63) is 12.2 Å². The van der Waals surface area contributed by atoms with Gasteiger partial charge in [-0.05, 0) is 19.8 Å². The normalized spacial score (nSPS) is 11.8. The highest BCUT2D eigenvalue weighted by Gasteiger charge is 2.27. The maximum Gasteiger partial charge on any atom is 0.333 e. The van der Waals surface area contributed by atoms with E-state index in [4.69, 9.17) is 4.74 Å². The Morgan fingerprint density at radius 3 is 2.15 bits per heavy atom. The van der Waals surface area contributed by atoms with Crippen LogP contribution in [0.25, 0.3) is 0 Å². The molecule has 0 rings (SSSR count). The minimum atomic E-state index is -0.951. The Morgan fingerprint density at radius 1 is 1.05 bits per heavy atom. The van der Waals surface area contributed by atoms with Crippen molar-refractivity contribution in [2.75, 3.05) is 0 Å². The molecule has 0 aliphatic carbocycles. The number of unbranched alkanes of at least 4 members (excludes halogenated alkanes) is 4. The van der Waals surface area contributed by atoms with Gasteiger partial charge in [-0.25, -0.2) is 4.79 Å². The first-order chi connectivity index (χ1) is 9.43. The summed E-state index contributed by atoms with van der Waals surface area (Å²) in [7, 11) is 0. The number of hydrogen-bond acceptors (Lipinski definition) is 4. The van der Waals surface area contributed by atoms with Gasteiger partial charge in [0.1, 0.15) is 0 Å². The van der Waals surface area contributed by atoms with E-state index in [-0.39, 0.29) is 12.0 Å². The first kappa shape index (κ1) is 18.6. The molecule has 0 aliphatic rings. The molecule has 0 aromatic rings. The van der Waals surface area contributed by atoms with Crippen LogP contribution in [0.1, 0.15) is 65.7 Å².